The van der Waals surface area contributed by atoms with E-state index < -0.39 is 0 Å². The quantitative estimate of drug-likeness (QED) is 0.926. The first-order valence-electron chi connectivity index (χ1n) is 6.63. The molecule has 5 heteroatoms. The van der Waals surface area contributed by atoms with Crippen LogP contribution in [0.15, 0.2) is 12.1 Å². The average molecular weight is 284 g/mol. The minimum absolute atomic E-state index is 0.120. The Hall–Kier alpha value is -0.840. The third kappa shape index (κ3) is 3.81. The Morgan fingerprint density at radius 2 is 2.26 bits per heavy atom. The van der Waals surface area contributed by atoms with E-state index in [9.17, 15) is 0 Å². The van der Waals surface area contributed by atoms with E-state index in [0.29, 0.717) is 0 Å². The van der Waals surface area contributed by atoms with Gasteiger partial charge in [-0.3, -0.25) is 4.90 Å². The molecule has 0 radical (unpaired) electrons. The lowest BCUT2D eigenvalue weighted by molar-refractivity contribution is -0.130. The minimum atomic E-state index is -0.120. The lowest BCUT2D eigenvalue weighted by atomic mass is 10.1. The Morgan fingerprint density at radius 3 is 2.89 bits per heavy atom. The number of nitrogens with zero attached hydrogens (tertiary/aromatic N) is 2. The summed E-state index contributed by atoms with van der Waals surface area (Å²) in [5, 5.41) is 3.76. The number of hydrogen-bond donors (Lipinski definition) is 1. The zero-order valence-corrected chi connectivity index (χ0v) is 12.8. The van der Waals surface area contributed by atoms with E-state index in [4.69, 9.17) is 16.3 Å². The number of hydrogen-bond acceptors (Lipinski definition) is 4. The molecule has 1 aliphatic heterocycles. The second kappa shape index (κ2) is 5.65. The molecule has 0 amide bonds. The number of aromatic nitrogens is 1. The van der Waals surface area contributed by atoms with E-state index in [0.717, 1.165) is 36.2 Å². The summed E-state index contributed by atoms with van der Waals surface area (Å²) in [6, 6.07) is 3.78. The molecule has 1 saturated heterocycles. The molecule has 1 aromatic rings. The number of nitrogens with one attached hydrogen (secondary N) is 1. The van der Waals surface area contributed by atoms with E-state index >= 15 is 0 Å². The fraction of sp³-hybridized carbons (Fsp3) is 0.643. The molecule has 19 heavy (non-hydrogen) atoms. The fourth-order valence-electron chi connectivity index (χ4n) is 2.65. The highest BCUT2D eigenvalue weighted by Gasteiger charge is 2.31. The van der Waals surface area contributed by atoms with Crippen molar-refractivity contribution in [3.8, 4) is 0 Å². The molecule has 0 spiro atoms. The van der Waals surface area contributed by atoms with Crippen molar-refractivity contribution >= 4 is 17.4 Å². The van der Waals surface area contributed by atoms with Crippen LogP contribution >= 0.6 is 11.6 Å². The van der Waals surface area contributed by atoms with Crippen LogP contribution in [0.2, 0.25) is 5.02 Å². The molecular formula is C14H22ClN3O. The SMILES string of the molecule is CNc1ccc(Cl)c(CN2CC(C)OC(C)(C)C2)n1. The van der Waals surface area contributed by atoms with E-state index in [-0.39, 0.29) is 11.7 Å². The van der Waals surface area contributed by atoms with E-state index in [1.54, 1.807) is 0 Å². The molecule has 1 N–H and O–H groups in total. The summed E-state index contributed by atoms with van der Waals surface area (Å²) >= 11 is 6.23. The molecule has 0 bridgehead atoms. The maximum absolute atomic E-state index is 6.23. The molecule has 1 fully saturated rings. The number of anilines is 1. The zero-order chi connectivity index (χ0) is 14.0. The number of morpholine rings is 1. The van der Waals surface area contributed by atoms with Crippen LogP contribution in [-0.2, 0) is 11.3 Å². The summed E-state index contributed by atoms with van der Waals surface area (Å²) in [4.78, 5) is 6.88. The molecule has 0 aliphatic carbocycles. The van der Waals surface area contributed by atoms with Crippen LogP contribution in [0.4, 0.5) is 5.82 Å². The second-order valence-electron chi connectivity index (χ2n) is 5.73. The van der Waals surface area contributed by atoms with Gasteiger partial charge in [-0.2, -0.15) is 0 Å². The molecule has 106 valence electrons. The molecule has 0 aromatic carbocycles. The van der Waals surface area contributed by atoms with Crippen LogP contribution in [0, 0.1) is 0 Å². The lowest BCUT2D eigenvalue weighted by Gasteiger charge is -2.41. The van der Waals surface area contributed by atoms with E-state index in [2.05, 4.69) is 36.0 Å². The van der Waals surface area contributed by atoms with Crippen LogP contribution in [0.3, 0.4) is 0 Å². The van der Waals surface area contributed by atoms with Gasteiger partial charge in [0.25, 0.3) is 0 Å². The highest BCUT2D eigenvalue weighted by molar-refractivity contribution is 6.31. The maximum atomic E-state index is 6.23. The summed E-state index contributed by atoms with van der Waals surface area (Å²) in [5.41, 5.74) is 0.795. The van der Waals surface area contributed by atoms with Gasteiger partial charge in [-0.25, -0.2) is 4.98 Å². The average Bonchev–Trinajstić information content (AvgIpc) is 2.29. The van der Waals surface area contributed by atoms with Crippen molar-refractivity contribution in [3.05, 3.63) is 22.8 Å². The van der Waals surface area contributed by atoms with Gasteiger partial charge in [-0.1, -0.05) is 11.6 Å². The molecular weight excluding hydrogens is 262 g/mol. The molecule has 2 rings (SSSR count). The van der Waals surface area contributed by atoms with Gasteiger partial charge in [0, 0.05) is 26.7 Å². The standard InChI is InChI=1S/C14H22ClN3O/c1-10-7-18(9-14(2,3)19-10)8-12-11(15)5-6-13(16-4)17-12/h5-6,10H,7-9H2,1-4H3,(H,16,17). The highest BCUT2D eigenvalue weighted by Crippen LogP contribution is 2.24. The topological polar surface area (TPSA) is 37.4 Å². The van der Waals surface area contributed by atoms with Crippen molar-refractivity contribution in [3.63, 3.8) is 0 Å². The Bertz CT molecular complexity index is 450. The maximum Gasteiger partial charge on any atom is 0.126 e. The van der Waals surface area contributed by atoms with Crippen LogP contribution in [0.25, 0.3) is 0 Å². The van der Waals surface area contributed by atoms with Gasteiger partial charge in [-0.15, -0.1) is 0 Å². The van der Waals surface area contributed by atoms with Crippen LogP contribution in [-0.4, -0.2) is 41.7 Å². The molecule has 1 aromatic heterocycles. The summed E-state index contributed by atoms with van der Waals surface area (Å²) in [5.74, 6) is 0.847. The predicted molar refractivity (Wildman–Crippen MR) is 78.7 cm³/mol. The third-order valence-corrected chi connectivity index (χ3v) is 3.53. The van der Waals surface area contributed by atoms with Gasteiger partial charge < -0.3 is 10.1 Å². The molecule has 1 unspecified atom stereocenters. The largest absolute Gasteiger partial charge is 0.373 e. The summed E-state index contributed by atoms with van der Waals surface area (Å²) in [7, 11) is 1.86. The van der Waals surface area contributed by atoms with Crippen molar-refractivity contribution in [1.82, 2.24) is 9.88 Å². The van der Waals surface area contributed by atoms with Crippen molar-refractivity contribution in [2.24, 2.45) is 0 Å². The molecule has 1 aliphatic rings. The molecule has 1 atom stereocenters. The zero-order valence-electron chi connectivity index (χ0n) is 12.0. The lowest BCUT2D eigenvalue weighted by Crippen LogP contribution is -2.51. The first kappa shape index (κ1) is 14.6. The first-order chi connectivity index (χ1) is 8.89. The van der Waals surface area contributed by atoms with Gasteiger partial charge in [0.2, 0.25) is 0 Å². The summed E-state index contributed by atoms with van der Waals surface area (Å²) < 4.78 is 5.91. The minimum Gasteiger partial charge on any atom is -0.373 e. The summed E-state index contributed by atoms with van der Waals surface area (Å²) in [6.07, 6.45) is 0.231. The Labute approximate surface area is 120 Å². The number of halogens is 1. The normalized spacial score (nSPS) is 23.3. The smallest absolute Gasteiger partial charge is 0.126 e. The number of rotatable bonds is 3. The van der Waals surface area contributed by atoms with Crippen molar-refractivity contribution < 1.29 is 4.74 Å². The van der Waals surface area contributed by atoms with Gasteiger partial charge in [0.1, 0.15) is 5.82 Å². The van der Waals surface area contributed by atoms with Crippen LogP contribution in [0.5, 0.6) is 0 Å². The van der Waals surface area contributed by atoms with Crippen LogP contribution in [0.1, 0.15) is 26.5 Å². The Kier molecular flexibility index (Phi) is 4.33. The molecule has 0 saturated carbocycles. The molecule has 4 nitrogen and oxygen atoms in total. The van der Waals surface area contributed by atoms with Gasteiger partial charge >= 0.3 is 0 Å². The van der Waals surface area contributed by atoms with Crippen molar-refractivity contribution in [2.45, 2.75) is 39.0 Å². The van der Waals surface area contributed by atoms with Crippen molar-refractivity contribution in [1.29, 1.82) is 0 Å². The van der Waals surface area contributed by atoms with Gasteiger partial charge in [-0.05, 0) is 32.9 Å². The monoisotopic (exact) mass is 283 g/mol. The third-order valence-electron chi connectivity index (χ3n) is 3.19. The highest BCUT2D eigenvalue weighted by atomic mass is 35.5. The van der Waals surface area contributed by atoms with E-state index in [1.165, 1.54) is 0 Å². The Morgan fingerprint density at radius 1 is 1.53 bits per heavy atom. The predicted octanol–water partition coefficient (Wildman–Crippen LogP) is 2.78. The summed E-state index contributed by atoms with van der Waals surface area (Å²) in [6.45, 7) is 8.90. The van der Waals surface area contributed by atoms with Gasteiger partial charge in [0.15, 0.2) is 0 Å². The molecule has 2 heterocycles. The Balaban J connectivity index is 2.12. The van der Waals surface area contributed by atoms with Gasteiger partial charge in [0.05, 0.1) is 22.4 Å². The first-order valence-corrected chi connectivity index (χ1v) is 7.01. The van der Waals surface area contributed by atoms with Crippen molar-refractivity contribution in [2.75, 3.05) is 25.5 Å². The van der Waals surface area contributed by atoms with Crippen LogP contribution < -0.4 is 5.32 Å². The second-order valence-corrected chi connectivity index (χ2v) is 6.14. The van der Waals surface area contributed by atoms with E-state index in [1.807, 2.05) is 19.2 Å². The fourth-order valence-corrected chi connectivity index (χ4v) is 2.82. The number of ether oxygens (including phenoxy) is 1. The number of pyridine rings is 1.